The molecular formula is C22H25N3O3. The second kappa shape index (κ2) is 9.60. The average molecular weight is 379 g/mol. The largest absolute Gasteiger partial charge is 0.494 e. The van der Waals surface area contributed by atoms with Crippen LogP contribution in [0.3, 0.4) is 0 Å². The molecule has 0 unspecified atom stereocenters. The number of hydrogen-bond acceptors (Lipinski definition) is 3. The molecule has 0 fully saturated rings. The summed E-state index contributed by atoms with van der Waals surface area (Å²) in [7, 11) is 0. The minimum atomic E-state index is -0.281. The minimum absolute atomic E-state index is 0.0432. The van der Waals surface area contributed by atoms with E-state index in [1.807, 2.05) is 19.1 Å². The van der Waals surface area contributed by atoms with Gasteiger partial charge in [-0.15, -0.1) is 0 Å². The molecule has 1 heterocycles. The molecule has 146 valence electrons. The molecule has 6 nitrogen and oxygen atoms in total. The predicted octanol–water partition coefficient (Wildman–Crippen LogP) is 2.98. The zero-order valence-corrected chi connectivity index (χ0v) is 16.0. The van der Waals surface area contributed by atoms with E-state index in [0.29, 0.717) is 24.5 Å². The molecule has 0 aliphatic carbocycles. The van der Waals surface area contributed by atoms with Crippen LogP contribution in [0, 0.1) is 0 Å². The van der Waals surface area contributed by atoms with Crippen molar-refractivity contribution in [2.24, 2.45) is 0 Å². The molecule has 3 aromatic rings. The lowest BCUT2D eigenvalue weighted by molar-refractivity contribution is -0.120. The summed E-state index contributed by atoms with van der Waals surface area (Å²) in [6.07, 6.45) is 2.88. The zero-order chi connectivity index (χ0) is 19.8. The van der Waals surface area contributed by atoms with Gasteiger partial charge in [0.25, 0.3) is 5.91 Å². The number of rotatable bonds is 9. The van der Waals surface area contributed by atoms with Gasteiger partial charge in [0, 0.05) is 30.4 Å². The topological polar surface area (TPSA) is 72.4 Å². The first-order valence-corrected chi connectivity index (χ1v) is 9.49. The maximum atomic E-state index is 12.1. The first kappa shape index (κ1) is 19.5. The fraction of sp³-hybridized carbons (Fsp3) is 0.273. The van der Waals surface area contributed by atoms with Crippen LogP contribution in [0.25, 0.3) is 10.9 Å². The fourth-order valence-corrected chi connectivity index (χ4v) is 3.01. The molecule has 0 radical (unpaired) electrons. The molecule has 28 heavy (non-hydrogen) atoms. The van der Waals surface area contributed by atoms with E-state index in [9.17, 15) is 9.59 Å². The van der Waals surface area contributed by atoms with Crippen molar-refractivity contribution in [3.05, 3.63) is 66.4 Å². The first-order valence-electron chi connectivity index (χ1n) is 9.49. The summed E-state index contributed by atoms with van der Waals surface area (Å²) in [4.78, 5) is 24.0. The molecule has 1 aromatic heterocycles. The second-order valence-corrected chi connectivity index (χ2v) is 6.41. The van der Waals surface area contributed by atoms with Crippen LogP contribution in [-0.4, -0.2) is 36.1 Å². The number of para-hydroxylation sites is 1. The number of hydrogen-bond donors (Lipinski definition) is 2. The lowest BCUT2D eigenvalue weighted by Crippen LogP contribution is -2.37. The Bertz CT molecular complexity index is 932. The molecule has 0 saturated heterocycles. The Morgan fingerprint density at radius 3 is 2.57 bits per heavy atom. The highest BCUT2D eigenvalue weighted by atomic mass is 16.5. The summed E-state index contributed by atoms with van der Waals surface area (Å²) >= 11 is 0. The van der Waals surface area contributed by atoms with Gasteiger partial charge >= 0.3 is 0 Å². The molecule has 0 atom stereocenters. The van der Waals surface area contributed by atoms with Crippen LogP contribution >= 0.6 is 0 Å². The van der Waals surface area contributed by atoms with E-state index in [1.165, 1.54) is 10.9 Å². The molecule has 0 spiro atoms. The number of aromatic nitrogens is 1. The Kier molecular flexibility index (Phi) is 6.68. The van der Waals surface area contributed by atoms with Crippen molar-refractivity contribution in [2.45, 2.75) is 19.9 Å². The standard InChI is InChI=1S/C22H25N3O3/c1-2-28-19-10-8-18(9-11-19)22(27)24-16-21(26)23-13-5-14-25-15-12-17-6-3-4-7-20(17)25/h3-4,6-12,15H,2,5,13-14,16H2,1H3,(H,23,26)(H,24,27). The molecule has 2 N–H and O–H groups in total. The summed E-state index contributed by atoms with van der Waals surface area (Å²) in [6.45, 7) is 3.82. The molecule has 2 amide bonds. The third-order valence-corrected chi connectivity index (χ3v) is 4.42. The van der Waals surface area contributed by atoms with E-state index in [1.54, 1.807) is 24.3 Å². The van der Waals surface area contributed by atoms with Crippen molar-refractivity contribution in [1.82, 2.24) is 15.2 Å². The van der Waals surface area contributed by atoms with Crippen molar-refractivity contribution in [2.75, 3.05) is 19.7 Å². The van der Waals surface area contributed by atoms with Crippen LogP contribution in [-0.2, 0) is 11.3 Å². The van der Waals surface area contributed by atoms with Crippen LogP contribution in [0.4, 0.5) is 0 Å². The number of aryl methyl sites for hydroxylation is 1. The van der Waals surface area contributed by atoms with E-state index in [2.05, 4.69) is 39.6 Å². The molecule has 0 aliphatic heterocycles. The number of carbonyl (C=O) groups is 2. The molecule has 3 rings (SSSR count). The molecular weight excluding hydrogens is 354 g/mol. The van der Waals surface area contributed by atoms with Crippen LogP contribution in [0.15, 0.2) is 60.8 Å². The van der Waals surface area contributed by atoms with Crippen molar-refractivity contribution in [3.8, 4) is 5.75 Å². The van der Waals surface area contributed by atoms with Gasteiger partial charge in [0.15, 0.2) is 0 Å². The number of fused-ring (bicyclic) bond motifs is 1. The first-order chi connectivity index (χ1) is 13.7. The SMILES string of the molecule is CCOc1ccc(C(=O)NCC(=O)NCCCn2ccc3ccccc32)cc1. The number of benzene rings is 2. The number of carbonyl (C=O) groups excluding carboxylic acids is 2. The Hall–Kier alpha value is -3.28. The molecule has 2 aromatic carbocycles. The molecule has 0 saturated carbocycles. The normalized spacial score (nSPS) is 10.6. The number of nitrogens with zero attached hydrogens (tertiary/aromatic N) is 1. The minimum Gasteiger partial charge on any atom is -0.494 e. The van der Waals surface area contributed by atoms with E-state index < -0.39 is 0 Å². The van der Waals surface area contributed by atoms with Crippen LogP contribution in [0.1, 0.15) is 23.7 Å². The Morgan fingerprint density at radius 1 is 1.00 bits per heavy atom. The number of nitrogens with one attached hydrogen (secondary N) is 2. The van der Waals surface area contributed by atoms with Gasteiger partial charge in [0.05, 0.1) is 13.2 Å². The summed E-state index contributed by atoms with van der Waals surface area (Å²) in [5.41, 5.74) is 1.69. The highest BCUT2D eigenvalue weighted by molar-refractivity contribution is 5.96. The fourth-order valence-electron chi connectivity index (χ4n) is 3.01. The van der Waals surface area contributed by atoms with E-state index in [0.717, 1.165) is 13.0 Å². The summed E-state index contributed by atoms with van der Waals surface area (Å²) in [5.74, 6) is 0.237. The van der Waals surface area contributed by atoms with E-state index in [4.69, 9.17) is 4.74 Å². The van der Waals surface area contributed by atoms with Gasteiger partial charge in [-0.05, 0) is 55.1 Å². The highest BCUT2D eigenvalue weighted by Gasteiger charge is 2.08. The van der Waals surface area contributed by atoms with Crippen molar-refractivity contribution in [3.63, 3.8) is 0 Å². The van der Waals surface area contributed by atoms with Crippen LogP contribution < -0.4 is 15.4 Å². The van der Waals surface area contributed by atoms with E-state index in [-0.39, 0.29) is 18.4 Å². The van der Waals surface area contributed by atoms with Gasteiger partial charge in [-0.1, -0.05) is 18.2 Å². The third kappa shape index (κ3) is 5.13. The van der Waals surface area contributed by atoms with E-state index >= 15 is 0 Å². The Labute approximate surface area is 164 Å². The lowest BCUT2D eigenvalue weighted by atomic mass is 10.2. The van der Waals surface area contributed by atoms with Gasteiger partial charge in [-0.25, -0.2) is 0 Å². The lowest BCUT2D eigenvalue weighted by Gasteiger charge is -2.09. The predicted molar refractivity (Wildman–Crippen MR) is 110 cm³/mol. The average Bonchev–Trinajstić information content (AvgIpc) is 3.13. The van der Waals surface area contributed by atoms with Crippen LogP contribution in [0.2, 0.25) is 0 Å². The number of amides is 2. The summed E-state index contributed by atoms with van der Waals surface area (Å²) in [6, 6.07) is 17.1. The summed E-state index contributed by atoms with van der Waals surface area (Å²) in [5, 5.41) is 6.68. The summed E-state index contributed by atoms with van der Waals surface area (Å²) < 4.78 is 7.52. The monoisotopic (exact) mass is 379 g/mol. The maximum absolute atomic E-state index is 12.1. The maximum Gasteiger partial charge on any atom is 0.251 e. The number of ether oxygens (including phenoxy) is 1. The molecule has 0 aliphatic rings. The highest BCUT2D eigenvalue weighted by Crippen LogP contribution is 2.15. The van der Waals surface area contributed by atoms with Gasteiger partial charge in [0.2, 0.25) is 5.91 Å². The Balaban J connectivity index is 1.36. The molecule has 0 bridgehead atoms. The van der Waals surface area contributed by atoms with Gasteiger partial charge < -0.3 is 19.9 Å². The van der Waals surface area contributed by atoms with Gasteiger partial charge in [-0.3, -0.25) is 9.59 Å². The van der Waals surface area contributed by atoms with Crippen LogP contribution in [0.5, 0.6) is 5.75 Å². The van der Waals surface area contributed by atoms with Gasteiger partial charge in [-0.2, -0.15) is 0 Å². The van der Waals surface area contributed by atoms with Crippen molar-refractivity contribution in [1.29, 1.82) is 0 Å². The van der Waals surface area contributed by atoms with Gasteiger partial charge in [0.1, 0.15) is 5.75 Å². The Morgan fingerprint density at radius 2 is 1.79 bits per heavy atom. The second-order valence-electron chi connectivity index (χ2n) is 6.41. The quantitative estimate of drug-likeness (QED) is 0.562. The molecule has 6 heteroatoms. The van der Waals surface area contributed by atoms with Crippen molar-refractivity contribution >= 4 is 22.7 Å². The third-order valence-electron chi connectivity index (χ3n) is 4.42. The smallest absolute Gasteiger partial charge is 0.251 e. The zero-order valence-electron chi connectivity index (χ0n) is 16.0. The van der Waals surface area contributed by atoms with Crippen molar-refractivity contribution < 1.29 is 14.3 Å².